The van der Waals surface area contributed by atoms with E-state index in [0.29, 0.717) is 11.7 Å². The molecule has 0 saturated carbocycles. The van der Waals surface area contributed by atoms with Crippen LogP contribution in [0.2, 0.25) is 0 Å². The number of nitrogens with one attached hydrogen (secondary N) is 1. The van der Waals surface area contributed by atoms with Crippen LogP contribution in [-0.4, -0.2) is 48.8 Å². The SMILES string of the molecule is CNCC1CCN(CC(=O)n2oc(C)cc2=O)CC1. The summed E-state index contributed by atoms with van der Waals surface area (Å²) in [6.07, 6.45) is 2.17. The lowest BCUT2D eigenvalue weighted by atomic mass is 9.97. The van der Waals surface area contributed by atoms with Gasteiger partial charge in [-0.1, -0.05) is 0 Å². The van der Waals surface area contributed by atoms with Crippen LogP contribution in [0.1, 0.15) is 23.4 Å². The fourth-order valence-corrected chi connectivity index (χ4v) is 2.51. The molecular weight excluding hydrogens is 246 g/mol. The highest BCUT2D eigenvalue weighted by molar-refractivity contribution is 5.79. The smallest absolute Gasteiger partial charge is 0.290 e. The highest BCUT2D eigenvalue weighted by Gasteiger charge is 2.22. The molecule has 0 spiro atoms. The summed E-state index contributed by atoms with van der Waals surface area (Å²) in [4.78, 5) is 25.5. The molecule has 0 aromatic carbocycles. The summed E-state index contributed by atoms with van der Waals surface area (Å²) in [6.45, 7) is 4.73. The Morgan fingerprint density at radius 2 is 2.16 bits per heavy atom. The summed E-state index contributed by atoms with van der Waals surface area (Å²) in [5.41, 5.74) is -0.382. The quantitative estimate of drug-likeness (QED) is 0.851. The number of aromatic nitrogens is 1. The molecule has 1 aromatic heterocycles. The van der Waals surface area contributed by atoms with E-state index in [2.05, 4.69) is 10.2 Å². The molecule has 0 radical (unpaired) electrons. The zero-order valence-corrected chi connectivity index (χ0v) is 11.5. The summed E-state index contributed by atoms with van der Waals surface area (Å²) in [5.74, 6) is 0.862. The minimum atomic E-state index is -0.382. The van der Waals surface area contributed by atoms with Crippen molar-refractivity contribution in [1.29, 1.82) is 0 Å². The van der Waals surface area contributed by atoms with Gasteiger partial charge in [-0.3, -0.25) is 14.5 Å². The fraction of sp³-hybridized carbons (Fsp3) is 0.692. The monoisotopic (exact) mass is 267 g/mol. The summed E-state index contributed by atoms with van der Waals surface area (Å²) < 4.78 is 5.95. The first-order chi connectivity index (χ1) is 9.10. The Labute approximate surface area is 112 Å². The van der Waals surface area contributed by atoms with E-state index < -0.39 is 0 Å². The molecule has 0 amide bonds. The van der Waals surface area contributed by atoms with Crippen LogP contribution in [0.15, 0.2) is 15.4 Å². The predicted octanol–water partition coefficient (Wildman–Crippen LogP) is 0.321. The molecular formula is C13H21N3O3. The third-order valence-electron chi connectivity index (χ3n) is 3.55. The van der Waals surface area contributed by atoms with E-state index in [-0.39, 0.29) is 18.0 Å². The van der Waals surface area contributed by atoms with Crippen LogP contribution < -0.4 is 10.9 Å². The second-order valence-corrected chi connectivity index (χ2v) is 5.15. The maximum atomic E-state index is 12.0. The van der Waals surface area contributed by atoms with Crippen molar-refractivity contribution in [2.24, 2.45) is 5.92 Å². The molecule has 106 valence electrons. The van der Waals surface area contributed by atoms with Gasteiger partial charge in [-0.15, -0.1) is 4.74 Å². The maximum absolute atomic E-state index is 12.0. The molecule has 2 rings (SSSR count). The van der Waals surface area contributed by atoms with E-state index >= 15 is 0 Å². The Hall–Kier alpha value is -1.40. The molecule has 2 heterocycles. The van der Waals surface area contributed by atoms with Crippen molar-refractivity contribution in [3.8, 4) is 0 Å². The number of carbonyl (C=O) groups is 1. The van der Waals surface area contributed by atoms with Crippen LogP contribution in [0.4, 0.5) is 0 Å². The molecule has 0 atom stereocenters. The second-order valence-electron chi connectivity index (χ2n) is 5.15. The molecule has 6 nitrogen and oxygen atoms in total. The van der Waals surface area contributed by atoms with Gasteiger partial charge in [-0.2, -0.15) is 0 Å². The topological polar surface area (TPSA) is 67.5 Å². The highest BCUT2D eigenvalue weighted by Crippen LogP contribution is 2.15. The third-order valence-corrected chi connectivity index (χ3v) is 3.55. The van der Waals surface area contributed by atoms with Crippen molar-refractivity contribution >= 4 is 5.91 Å². The van der Waals surface area contributed by atoms with Gasteiger partial charge in [0.1, 0.15) is 5.76 Å². The molecule has 1 saturated heterocycles. The van der Waals surface area contributed by atoms with Crippen LogP contribution in [0.3, 0.4) is 0 Å². The molecule has 0 bridgehead atoms. The van der Waals surface area contributed by atoms with Crippen molar-refractivity contribution in [2.75, 3.05) is 33.2 Å². The Morgan fingerprint density at radius 1 is 1.47 bits per heavy atom. The standard InChI is InChI=1S/C13H21N3O3/c1-10-7-12(17)16(19-10)13(18)9-15-5-3-11(4-6-15)8-14-2/h7,11,14H,3-6,8-9H2,1-2H3. The number of piperidine rings is 1. The molecule has 1 aliphatic rings. The normalized spacial score (nSPS) is 17.8. The zero-order valence-electron chi connectivity index (χ0n) is 11.5. The lowest BCUT2D eigenvalue weighted by Crippen LogP contribution is -2.41. The van der Waals surface area contributed by atoms with E-state index in [0.717, 1.165) is 37.2 Å². The van der Waals surface area contributed by atoms with Crippen LogP contribution in [0.25, 0.3) is 0 Å². The number of rotatable bonds is 4. The number of likely N-dealkylation sites (tertiary alicyclic amines) is 1. The van der Waals surface area contributed by atoms with E-state index in [1.807, 2.05) is 7.05 Å². The first-order valence-electron chi connectivity index (χ1n) is 6.70. The molecule has 6 heteroatoms. The Morgan fingerprint density at radius 3 is 2.68 bits per heavy atom. The van der Waals surface area contributed by atoms with Gasteiger partial charge in [-0.25, -0.2) is 0 Å². The fourth-order valence-electron chi connectivity index (χ4n) is 2.51. The number of hydrogen-bond acceptors (Lipinski definition) is 5. The molecule has 1 N–H and O–H groups in total. The summed E-state index contributed by atoms with van der Waals surface area (Å²) in [7, 11) is 1.96. The molecule has 0 unspecified atom stereocenters. The summed E-state index contributed by atoms with van der Waals surface area (Å²) >= 11 is 0. The molecule has 0 aliphatic carbocycles. The van der Waals surface area contributed by atoms with Crippen molar-refractivity contribution < 1.29 is 9.32 Å². The number of nitrogens with zero attached hydrogens (tertiary/aromatic N) is 2. The average Bonchev–Trinajstić information content (AvgIpc) is 2.71. The first-order valence-corrected chi connectivity index (χ1v) is 6.70. The Balaban J connectivity index is 1.87. The molecule has 1 fully saturated rings. The van der Waals surface area contributed by atoms with Crippen LogP contribution in [0, 0.1) is 12.8 Å². The van der Waals surface area contributed by atoms with E-state index in [4.69, 9.17) is 4.52 Å². The minimum Gasteiger partial charge on any atom is -0.373 e. The van der Waals surface area contributed by atoms with Gasteiger partial charge >= 0.3 is 0 Å². The summed E-state index contributed by atoms with van der Waals surface area (Å²) in [6, 6.07) is 1.33. The van der Waals surface area contributed by atoms with Gasteiger partial charge in [0.25, 0.3) is 11.5 Å². The second kappa shape index (κ2) is 6.16. The van der Waals surface area contributed by atoms with E-state index in [9.17, 15) is 9.59 Å². The maximum Gasteiger partial charge on any atom is 0.290 e. The van der Waals surface area contributed by atoms with Crippen LogP contribution >= 0.6 is 0 Å². The number of hydrogen-bond donors (Lipinski definition) is 1. The minimum absolute atomic E-state index is 0.249. The van der Waals surface area contributed by atoms with Gasteiger partial charge in [0, 0.05) is 6.07 Å². The van der Waals surface area contributed by atoms with Crippen molar-refractivity contribution in [3.63, 3.8) is 0 Å². The molecule has 19 heavy (non-hydrogen) atoms. The van der Waals surface area contributed by atoms with Gasteiger partial charge in [0.05, 0.1) is 6.54 Å². The van der Waals surface area contributed by atoms with E-state index in [1.165, 1.54) is 6.07 Å². The number of carbonyl (C=O) groups excluding carboxylic acids is 1. The molecule has 1 aliphatic heterocycles. The van der Waals surface area contributed by atoms with Gasteiger partial charge in [0.15, 0.2) is 0 Å². The predicted molar refractivity (Wildman–Crippen MR) is 71.4 cm³/mol. The third kappa shape index (κ3) is 3.54. The van der Waals surface area contributed by atoms with Gasteiger partial charge in [-0.05, 0) is 52.4 Å². The first kappa shape index (κ1) is 14.0. The van der Waals surface area contributed by atoms with Crippen molar-refractivity contribution in [1.82, 2.24) is 15.0 Å². The van der Waals surface area contributed by atoms with Crippen LogP contribution in [0.5, 0.6) is 0 Å². The van der Waals surface area contributed by atoms with Gasteiger partial charge < -0.3 is 9.84 Å². The Kier molecular flexibility index (Phi) is 4.55. The van der Waals surface area contributed by atoms with Crippen LogP contribution in [-0.2, 0) is 0 Å². The van der Waals surface area contributed by atoms with Crippen molar-refractivity contribution in [2.45, 2.75) is 19.8 Å². The summed E-state index contributed by atoms with van der Waals surface area (Å²) in [5, 5.41) is 3.18. The molecule has 1 aromatic rings. The van der Waals surface area contributed by atoms with Gasteiger partial charge in [0.2, 0.25) is 0 Å². The lowest BCUT2D eigenvalue weighted by molar-refractivity contribution is 0.0683. The lowest BCUT2D eigenvalue weighted by Gasteiger charge is -2.30. The van der Waals surface area contributed by atoms with E-state index in [1.54, 1.807) is 6.92 Å². The zero-order chi connectivity index (χ0) is 13.8. The largest absolute Gasteiger partial charge is 0.373 e. The Bertz CT molecular complexity index is 484. The average molecular weight is 267 g/mol. The van der Waals surface area contributed by atoms with Crippen molar-refractivity contribution in [3.05, 3.63) is 22.2 Å². The number of aryl methyl sites for hydroxylation is 1. The highest BCUT2D eigenvalue weighted by atomic mass is 16.5.